The normalized spacial score (nSPS) is 18.8. The molecule has 2 aromatic carbocycles. The summed E-state index contributed by atoms with van der Waals surface area (Å²) < 4.78 is 47.4. The zero-order valence-electron chi connectivity index (χ0n) is 20.7. The van der Waals surface area contributed by atoms with Gasteiger partial charge in [0.15, 0.2) is 5.82 Å². The molecule has 3 aromatic rings. The van der Waals surface area contributed by atoms with Gasteiger partial charge in [0.25, 0.3) is 0 Å². The summed E-state index contributed by atoms with van der Waals surface area (Å²) in [6.45, 7) is 3.87. The summed E-state index contributed by atoms with van der Waals surface area (Å²) in [5.74, 6) is 0.333. The molecule has 0 radical (unpaired) electrons. The number of likely N-dealkylation sites (N-methyl/N-ethyl adjacent to an activating group) is 1. The van der Waals surface area contributed by atoms with Crippen LogP contribution in [0.1, 0.15) is 23.6 Å². The summed E-state index contributed by atoms with van der Waals surface area (Å²) in [6, 6.07) is 14.5. The number of ether oxygens (including phenoxy) is 1. The number of rotatable bonds is 6. The molecular weight excluding hydrogens is 485 g/mol. The third kappa shape index (κ3) is 5.57. The fourth-order valence-corrected chi connectivity index (χ4v) is 4.61. The van der Waals surface area contributed by atoms with E-state index >= 15 is 0 Å². The first-order chi connectivity index (χ1) is 17.8. The van der Waals surface area contributed by atoms with Gasteiger partial charge >= 0.3 is 6.18 Å². The van der Waals surface area contributed by atoms with Crippen LogP contribution in [0.25, 0.3) is 0 Å². The van der Waals surface area contributed by atoms with Crippen molar-refractivity contribution >= 4 is 23.1 Å². The van der Waals surface area contributed by atoms with E-state index in [-0.39, 0.29) is 18.4 Å². The van der Waals surface area contributed by atoms with E-state index in [1.165, 1.54) is 5.06 Å². The van der Waals surface area contributed by atoms with Gasteiger partial charge < -0.3 is 19.9 Å². The minimum absolute atomic E-state index is 0.0305. The number of aromatic nitrogens is 2. The van der Waals surface area contributed by atoms with Crippen molar-refractivity contribution in [2.75, 3.05) is 62.2 Å². The van der Waals surface area contributed by atoms with Gasteiger partial charge in [-0.15, -0.1) is 0 Å². The van der Waals surface area contributed by atoms with E-state index in [2.05, 4.69) is 32.1 Å². The SMILES string of the molecule is COc1cc(Nc2ncc(C(F)(F)F)c(N3OCC[C@H]3c3ccccc3)n2)cc(N2CCN(C)CC2)c1. The molecule has 0 amide bonds. The average molecular weight is 515 g/mol. The van der Waals surface area contributed by atoms with Crippen LogP contribution in [0.4, 0.5) is 36.3 Å². The van der Waals surface area contributed by atoms with Crippen LogP contribution >= 0.6 is 0 Å². The molecular formula is C26H29F3N6O2. The summed E-state index contributed by atoms with van der Waals surface area (Å²) in [5.41, 5.74) is 1.46. The minimum Gasteiger partial charge on any atom is -0.497 e. The Bertz CT molecular complexity index is 1220. The predicted octanol–water partition coefficient (Wildman–Crippen LogP) is 4.88. The van der Waals surface area contributed by atoms with Gasteiger partial charge in [0, 0.05) is 62.3 Å². The maximum atomic E-state index is 14.0. The van der Waals surface area contributed by atoms with Crippen LogP contribution in [0.5, 0.6) is 5.75 Å². The number of hydrogen-bond donors (Lipinski definition) is 1. The first kappa shape index (κ1) is 25.1. The Morgan fingerprint density at radius 2 is 1.81 bits per heavy atom. The highest BCUT2D eigenvalue weighted by Crippen LogP contribution is 2.42. The highest BCUT2D eigenvalue weighted by atomic mass is 19.4. The largest absolute Gasteiger partial charge is 0.497 e. The number of nitrogens with one attached hydrogen (secondary N) is 1. The third-order valence-corrected chi connectivity index (χ3v) is 6.62. The molecule has 37 heavy (non-hydrogen) atoms. The highest BCUT2D eigenvalue weighted by molar-refractivity contribution is 5.66. The van der Waals surface area contributed by atoms with Gasteiger partial charge in [0.1, 0.15) is 11.3 Å². The Labute approximate surface area is 213 Å². The van der Waals surface area contributed by atoms with Gasteiger partial charge in [-0.3, -0.25) is 4.84 Å². The molecule has 0 aliphatic carbocycles. The van der Waals surface area contributed by atoms with Gasteiger partial charge in [-0.25, -0.2) is 10.0 Å². The van der Waals surface area contributed by atoms with E-state index in [1.54, 1.807) is 13.2 Å². The molecule has 2 aliphatic rings. The van der Waals surface area contributed by atoms with Crippen molar-refractivity contribution < 1.29 is 22.7 Å². The Balaban J connectivity index is 1.47. The van der Waals surface area contributed by atoms with E-state index < -0.39 is 17.8 Å². The lowest BCUT2D eigenvalue weighted by Crippen LogP contribution is -2.44. The Kier molecular flexibility index (Phi) is 7.07. The van der Waals surface area contributed by atoms with Gasteiger partial charge in [-0.2, -0.15) is 18.2 Å². The summed E-state index contributed by atoms with van der Waals surface area (Å²) in [7, 11) is 3.66. The van der Waals surface area contributed by atoms with E-state index in [1.807, 2.05) is 42.5 Å². The summed E-state index contributed by atoms with van der Waals surface area (Å²) >= 11 is 0. The molecule has 1 aromatic heterocycles. The third-order valence-electron chi connectivity index (χ3n) is 6.62. The Hall–Kier alpha value is -3.57. The molecule has 3 heterocycles. The summed E-state index contributed by atoms with van der Waals surface area (Å²) in [4.78, 5) is 18.5. The molecule has 196 valence electrons. The standard InChI is InChI=1S/C26H29F3N6O2/c1-33-9-11-34(12-10-33)20-14-19(15-21(16-20)36-2)31-25-30-17-22(26(27,28)29)24(32-25)35-23(8-13-37-35)18-6-4-3-5-7-18/h3-7,14-17,23H,8-13H2,1-2H3,(H,30,31,32)/t23-/m0/s1. The number of benzene rings is 2. The van der Waals surface area contributed by atoms with Crippen LogP contribution < -0.4 is 20.0 Å². The topological polar surface area (TPSA) is 66.0 Å². The predicted molar refractivity (Wildman–Crippen MR) is 135 cm³/mol. The molecule has 1 N–H and O–H groups in total. The molecule has 2 aliphatic heterocycles. The smallest absolute Gasteiger partial charge is 0.421 e. The molecule has 8 nitrogen and oxygen atoms in total. The number of hydroxylamine groups is 1. The van der Waals surface area contributed by atoms with Crippen molar-refractivity contribution in [3.8, 4) is 5.75 Å². The molecule has 5 rings (SSSR count). The fraction of sp³-hybridized carbons (Fsp3) is 0.385. The lowest BCUT2D eigenvalue weighted by Gasteiger charge is -2.34. The monoisotopic (exact) mass is 514 g/mol. The van der Waals surface area contributed by atoms with Gasteiger partial charge in [0.05, 0.1) is 19.8 Å². The highest BCUT2D eigenvalue weighted by Gasteiger charge is 2.40. The molecule has 2 fully saturated rings. The number of halogens is 3. The number of methoxy groups -OCH3 is 1. The van der Waals surface area contributed by atoms with Crippen molar-refractivity contribution in [1.29, 1.82) is 0 Å². The maximum Gasteiger partial charge on any atom is 0.421 e. The van der Waals surface area contributed by atoms with Crippen LogP contribution in [-0.4, -0.2) is 61.8 Å². The first-order valence-corrected chi connectivity index (χ1v) is 12.1. The van der Waals surface area contributed by atoms with Crippen LogP contribution in [-0.2, 0) is 11.0 Å². The summed E-state index contributed by atoms with van der Waals surface area (Å²) in [5, 5.41) is 4.33. The van der Waals surface area contributed by atoms with Gasteiger partial charge in [0.2, 0.25) is 5.95 Å². The van der Waals surface area contributed by atoms with Crippen molar-refractivity contribution in [1.82, 2.24) is 14.9 Å². The molecule has 0 saturated carbocycles. The summed E-state index contributed by atoms with van der Waals surface area (Å²) in [6.07, 6.45) is -3.31. The van der Waals surface area contributed by atoms with Gasteiger partial charge in [-0.05, 0) is 18.7 Å². The first-order valence-electron chi connectivity index (χ1n) is 12.1. The number of hydrogen-bond acceptors (Lipinski definition) is 8. The Morgan fingerprint density at radius 1 is 1.05 bits per heavy atom. The molecule has 0 bridgehead atoms. The molecule has 1 atom stereocenters. The van der Waals surface area contributed by atoms with Crippen LogP contribution in [0.15, 0.2) is 54.7 Å². The maximum absolute atomic E-state index is 14.0. The van der Waals surface area contributed by atoms with Gasteiger partial charge in [-0.1, -0.05) is 30.3 Å². The number of piperazine rings is 1. The molecule has 0 unspecified atom stereocenters. The molecule has 11 heteroatoms. The zero-order chi connectivity index (χ0) is 26.0. The average Bonchev–Trinajstić information content (AvgIpc) is 3.39. The lowest BCUT2D eigenvalue weighted by molar-refractivity contribution is -0.138. The van der Waals surface area contributed by atoms with E-state index in [9.17, 15) is 13.2 Å². The second-order valence-electron chi connectivity index (χ2n) is 9.14. The zero-order valence-corrected chi connectivity index (χ0v) is 20.7. The van der Waals surface area contributed by atoms with E-state index in [0.29, 0.717) is 17.9 Å². The minimum atomic E-state index is -4.65. The van der Waals surface area contributed by atoms with Crippen LogP contribution in [0.3, 0.4) is 0 Å². The quantitative estimate of drug-likeness (QED) is 0.499. The second kappa shape index (κ2) is 10.4. The fourth-order valence-electron chi connectivity index (χ4n) is 4.61. The molecule has 2 saturated heterocycles. The van der Waals surface area contributed by atoms with Crippen molar-refractivity contribution in [2.45, 2.75) is 18.6 Å². The number of anilines is 4. The molecule has 0 spiro atoms. The van der Waals surface area contributed by atoms with Crippen molar-refractivity contribution in [2.24, 2.45) is 0 Å². The lowest BCUT2D eigenvalue weighted by atomic mass is 10.0. The number of alkyl halides is 3. The van der Waals surface area contributed by atoms with Crippen LogP contribution in [0, 0.1) is 0 Å². The number of nitrogens with zero attached hydrogens (tertiary/aromatic N) is 5. The van der Waals surface area contributed by atoms with E-state index in [0.717, 1.165) is 43.6 Å². The Morgan fingerprint density at radius 3 is 2.51 bits per heavy atom. The van der Waals surface area contributed by atoms with Crippen molar-refractivity contribution in [3.05, 3.63) is 65.9 Å². The van der Waals surface area contributed by atoms with Crippen LogP contribution in [0.2, 0.25) is 0 Å². The van der Waals surface area contributed by atoms with Crippen molar-refractivity contribution in [3.63, 3.8) is 0 Å². The van der Waals surface area contributed by atoms with E-state index in [4.69, 9.17) is 9.57 Å². The second-order valence-corrected chi connectivity index (χ2v) is 9.14.